The van der Waals surface area contributed by atoms with Crippen LogP contribution in [0.25, 0.3) is 0 Å². The van der Waals surface area contributed by atoms with Gasteiger partial charge in [-0.1, -0.05) is 13.2 Å². The first-order valence-electron chi connectivity index (χ1n) is 2.39. The number of hydrogen-bond donors (Lipinski definition) is 1. The van der Waals surface area contributed by atoms with E-state index in [0.717, 1.165) is 6.08 Å². The smallest absolute Gasteiger partial charge is 0.198 e. The zero-order chi connectivity index (χ0) is 8.91. The van der Waals surface area contributed by atoms with Crippen LogP contribution in [0, 0.1) is 5.53 Å². The van der Waals surface area contributed by atoms with Crippen LogP contribution in [-0.4, -0.2) is 8.42 Å². The van der Waals surface area contributed by atoms with Crippen LogP contribution >= 0.6 is 0 Å². The van der Waals surface area contributed by atoms with Gasteiger partial charge in [0, 0.05) is 0 Å². The maximum Gasteiger partial charge on any atom is 0.300 e. The standard InChI is InChI=1S/C4H6N4O2S/c1-3-4(2)11(9,10)8-7-6-5/h3,5H,1-2H2. The molecule has 0 amide bonds. The van der Waals surface area contributed by atoms with Gasteiger partial charge in [-0.3, -0.25) is 0 Å². The summed E-state index contributed by atoms with van der Waals surface area (Å²) >= 11 is 0. The second-order valence-corrected chi connectivity index (χ2v) is 3.05. The lowest BCUT2D eigenvalue weighted by atomic mass is 10.6. The quantitative estimate of drug-likeness (QED) is 0.396. The molecule has 0 aromatic carbocycles. The first-order valence-corrected chi connectivity index (χ1v) is 3.83. The van der Waals surface area contributed by atoms with Gasteiger partial charge in [-0.25, -0.2) is 0 Å². The van der Waals surface area contributed by atoms with Gasteiger partial charge in [0.05, 0.1) is 4.91 Å². The summed E-state index contributed by atoms with van der Waals surface area (Å²) in [5.41, 5.74) is 6.13. The van der Waals surface area contributed by atoms with E-state index in [0.29, 0.717) is 0 Å². The lowest BCUT2D eigenvalue weighted by Gasteiger charge is -1.90. The average Bonchev–Trinajstić information content (AvgIpc) is 1.99. The van der Waals surface area contributed by atoms with Crippen LogP contribution in [0.3, 0.4) is 0 Å². The van der Waals surface area contributed by atoms with Gasteiger partial charge in [0.25, 0.3) is 0 Å². The van der Waals surface area contributed by atoms with Gasteiger partial charge >= 0.3 is 10.0 Å². The second-order valence-electron chi connectivity index (χ2n) is 1.42. The van der Waals surface area contributed by atoms with Crippen molar-refractivity contribution in [3.05, 3.63) is 24.1 Å². The van der Waals surface area contributed by atoms with Gasteiger partial charge in [0.2, 0.25) is 0 Å². The van der Waals surface area contributed by atoms with Gasteiger partial charge in [-0.15, -0.1) is 0 Å². The third-order valence-corrected chi connectivity index (χ3v) is 1.87. The Morgan fingerprint density at radius 2 is 2.09 bits per heavy atom. The van der Waals surface area contributed by atoms with Crippen LogP contribution in [0.2, 0.25) is 0 Å². The molecule has 0 heterocycles. The van der Waals surface area contributed by atoms with E-state index in [1.165, 1.54) is 0 Å². The Morgan fingerprint density at radius 3 is 2.45 bits per heavy atom. The molecule has 60 valence electrons. The minimum atomic E-state index is -3.84. The van der Waals surface area contributed by atoms with Gasteiger partial charge in [-0.05, 0) is 21.0 Å². The largest absolute Gasteiger partial charge is 0.300 e. The summed E-state index contributed by atoms with van der Waals surface area (Å²) in [6.45, 7) is 6.31. The molecule has 0 bridgehead atoms. The number of rotatable bonds is 4. The summed E-state index contributed by atoms with van der Waals surface area (Å²) in [5.74, 6) is 0. The van der Waals surface area contributed by atoms with Gasteiger partial charge in [-0.2, -0.15) is 13.9 Å². The fourth-order valence-corrected chi connectivity index (χ4v) is 0.672. The Balaban J connectivity index is 4.75. The number of allylic oxidation sites excluding steroid dienone is 1. The zero-order valence-electron chi connectivity index (χ0n) is 5.56. The van der Waals surface area contributed by atoms with Crippen LogP contribution < -0.4 is 0 Å². The molecule has 11 heavy (non-hydrogen) atoms. The first-order chi connectivity index (χ1) is 5.04. The molecule has 1 N–H and O–H groups in total. The third-order valence-electron chi connectivity index (χ3n) is 0.748. The molecule has 0 aromatic heterocycles. The molecule has 6 nitrogen and oxygen atoms in total. The topological polar surface area (TPSA) is 95.1 Å². The molecular formula is C4H6N4O2S. The minimum absolute atomic E-state index is 0.273. The summed E-state index contributed by atoms with van der Waals surface area (Å²) in [6, 6.07) is 0. The van der Waals surface area contributed by atoms with E-state index < -0.39 is 10.0 Å². The summed E-state index contributed by atoms with van der Waals surface area (Å²) in [4.78, 5) is -0.273. The molecule has 0 saturated heterocycles. The summed E-state index contributed by atoms with van der Waals surface area (Å²) in [5, 5.41) is 5.02. The molecule has 0 radical (unpaired) electrons. The van der Waals surface area contributed by atoms with Crippen LogP contribution in [0.1, 0.15) is 0 Å². The van der Waals surface area contributed by atoms with E-state index >= 15 is 0 Å². The SMILES string of the molecule is C=CC(=C)S(=O)(=O)N=NN=N. The van der Waals surface area contributed by atoms with Crippen molar-refractivity contribution in [1.29, 1.82) is 5.53 Å². The van der Waals surface area contributed by atoms with Crippen molar-refractivity contribution >= 4 is 10.0 Å². The highest BCUT2D eigenvalue weighted by molar-refractivity contribution is 7.94. The van der Waals surface area contributed by atoms with Gasteiger partial charge in [0.15, 0.2) is 0 Å². The van der Waals surface area contributed by atoms with E-state index in [1.807, 2.05) is 0 Å². The van der Waals surface area contributed by atoms with Gasteiger partial charge in [0.1, 0.15) is 0 Å². The molecule has 0 saturated carbocycles. The molecule has 0 aliphatic carbocycles. The second kappa shape index (κ2) is 3.71. The number of hydrogen-bond acceptors (Lipinski definition) is 3. The Hall–Kier alpha value is -1.37. The molecule has 0 spiro atoms. The molecule has 0 unspecified atom stereocenters. The van der Waals surface area contributed by atoms with Crippen molar-refractivity contribution in [3.8, 4) is 0 Å². The maximum absolute atomic E-state index is 10.7. The van der Waals surface area contributed by atoms with Crippen LogP contribution in [-0.2, 0) is 10.0 Å². The predicted octanol–water partition coefficient (Wildman–Crippen LogP) is 1.41. The molecule has 0 aromatic rings. The van der Waals surface area contributed by atoms with Crippen LogP contribution in [0.5, 0.6) is 0 Å². The fourth-order valence-electron chi connectivity index (χ4n) is 0.224. The molecular weight excluding hydrogens is 168 g/mol. The van der Waals surface area contributed by atoms with E-state index in [1.54, 1.807) is 0 Å². The molecule has 0 atom stereocenters. The highest BCUT2D eigenvalue weighted by Gasteiger charge is 2.09. The van der Waals surface area contributed by atoms with Crippen LogP contribution in [0.15, 0.2) is 39.1 Å². The molecule has 0 aliphatic heterocycles. The minimum Gasteiger partial charge on any atom is -0.198 e. The first kappa shape index (κ1) is 9.63. The lowest BCUT2D eigenvalue weighted by Crippen LogP contribution is -1.94. The Labute approximate surface area is 63.9 Å². The summed E-state index contributed by atoms with van der Waals surface area (Å²) in [6.07, 6.45) is 1.03. The number of nitrogens with zero attached hydrogens (tertiary/aromatic N) is 3. The van der Waals surface area contributed by atoms with Crippen LogP contribution in [0.4, 0.5) is 0 Å². The van der Waals surface area contributed by atoms with E-state index in [4.69, 9.17) is 5.53 Å². The zero-order valence-corrected chi connectivity index (χ0v) is 6.37. The normalized spacial score (nSPS) is 11.3. The Kier molecular flexibility index (Phi) is 3.25. The number of nitrogens with one attached hydrogen (secondary N) is 1. The van der Waals surface area contributed by atoms with Crippen molar-refractivity contribution in [2.45, 2.75) is 0 Å². The summed E-state index contributed by atoms with van der Waals surface area (Å²) in [7, 11) is -3.84. The maximum atomic E-state index is 10.7. The van der Waals surface area contributed by atoms with Gasteiger partial charge < -0.3 is 0 Å². The lowest BCUT2D eigenvalue weighted by molar-refractivity contribution is 0.601. The monoisotopic (exact) mass is 174 g/mol. The van der Waals surface area contributed by atoms with Crippen molar-refractivity contribution in [2.75, 3.05) is 0 Å². The molecule has 0 fully saturated rings. The molecule has 7 heteroatoms. The van der Waals surface area contributed by atoms with E-state index in [9.17, 15) is 8.42 Å². The fraction of sp³-hybridized carbons (Fsp3) is 0. The van der Waals surface area contributed by atoms with E-state index in [-0.39, 0.29) is 4.91 Å². The van der Waals surface area contributed by atoms with Crippen molar-refractivity contribution in [1.82, 2.24) is 0 Å². The predicted molar refractivity (Wildman–Crippen MR) is 38.3 cm³/mol. The van der Waals surface area contributed by atoms with Crippen molar-refractivity contribution in [2.24, 2.45) is 15.0 Å². The van der Waals surface area contributed by atoms with E-state index in [2.05, 4.69) is 28.1 Å². The third kappa shape index (κ3) is 2.80. The Bertz CT molecular complexity index is 302. The molecule has 0 aliphatic rings. The average molecular weight is 174 g/mol. The highest BCUT2D eigenvalue weighted by atomic mass is 32.2. The van der Waals surface area contributed by atoms with Crippen molar-refractivity contribution < 1.29 is 8.42 Å². The molecule has 0 rings (SSSR count). The van der Waals surface area contributed by atoms with Crippen molar-refractivity contribution in [3.63, 3.8) is 0 Å². The highest BCUT2D eigenvalue weighted by Crippen LogP contribution is 2.06. The Morgan fingerprint density at radius 1 is 1.55 bits per heavy atom. The summed E-state index contributed by atoms with van der Waals surface area (Å²) < 4.78 is 24.2. The number of sulfonamides is 1.